The first-order valence-electron chi connectivity index (χ1n) is 9.33. The Bertz CT molecular complexity index is 954. The van der Waals surface area contributed by atoms with Crippen LogP contribution in [0.2, 0.25) is 10.0 Å². The van der Waals surface area contributed by atoms with E-state index in [4.69, 9.17) is 33.7 Å². The summed E-state index contributed by atoms with van der Waals surface area (Å²) in [4.78, 5) is 19.6. The third-order valence-corrected chi connectivity index (χ3v) is 6.81. The highest BCUT2D eigenvalue weighted by Gasteiger charge is 2.47. The van der Waals surface area contributed by atoms with Gasteiger partial charge in [0.25, 0.3) is 5.56 Å². The Balaban J connectivity index is 1.60. The van der Waals surface area contributed by atoms with Crippen LogP contribution >= 0.6 is 23.2 Å². The maximum Gasteiger partial charge on any atom is 0.260 e. The highest BCUT2D eigenvalue weighted by atomic mass is 35.5. The molecule has 2 fully saturated rings. The SMILES string of the molecule is Cc1nc(N2CCC3(CC2)CO[C@@H](C)[C@H]3N)cc(=O)n1-c1c#ccc(Cl)c1Cl. The maximum absolute atomic E-state index is 12.8. The molecule has 3 heterocycles. The van der Waals surface area contributed by atoms with Crippen LogP contribution in [-0.2, 0) is 4.74 Å². The first-order valence-corrected chi connectivity index (χ1v) is 10.1. The Kier molecular flexibility index (Phi) is 5.05. The monoisotopic (exact) mass is 420 g/mol. The fourth-order valence-electron chi connectivity index (χ4n) is 4.22. The van der Waals surface area contributed by atoms with Gasteiger partial charge in [0.1, 0.15) is 17.3 Å². The lowest BCUT2D eigenvalue weighted by Crippen LogP contribution is -2.51. The summed E-state index contributed by atoms with van der Waals surface area (Å²) in [7, 11) is 0. The van der Waals surface area contributed by atoms with Crippen molar-refractivity contribution in [3.63, 3.8) is 0 Å². The first-order chi connectivity index (χ1) is 13.3. The molecule has 0 bridgehead atoms. The van der Waals surface area contributed by atoms with Crippen LogP contribution in [0.1, 0.15) is 25.6 Å². The topological polar surface area (TPSA) is 73.4 Å². The van der Waals surface area contributed by atoms with Crippen molar-refractivity contribution in [1.29, 1.82) is 0 Å². The second-order valence-electron chi connectivity index (χ2n) is 7.65. The van der Waals surface area contributed by atoms with E-state index in [-0.39, 0.29) is 28.1 Å². The number of hydrogen-bond donors (Lipinski definition) is 1. The highest BCUT2D eigenvalue weighted by Crippen LogP contribution is 2.41. The summed E-state index contributed by atoms with van der Waals surface area (Å²) in [6, 6.07) is 8.72. The minimum absolute atomic E-state index is 0.0268. The molecule has 2 aromatic rings. The molecule has 1 spiro atoms. The van der Waals surface area contributed by atoms with E-state index in [9.17, 15) is 4.79 Å². The number of ether oxygens (including phenoxy) is 1. The molecule has 2 N–H and O–H groups in total. The van der Waals surface area contributed by atoms with E-state index in [0.29, 0.717) is 29.0 Å². The summed E-state index contributed by atoms with van der Waals surface area (Å²) < 4.78 is 7.19. The van der Waals surface area contributed by atoms with Gasteiger partial charge in [-0.05, 0) is 32.8 Å². The lowest BCUT2D eigenvalue weighted by atomic mass is 9.73. The second kappa shape index (κ2) is 7.23. The number of aromatic nitrogens is 2. The van der Waals surface area contributed by atoms with Crippen LogP contribution in [-0.4, -0.2) is 41.4 Å². The van der Waals surface area contributed by atoms with Gasteiger partial charge in [-0.2, -0.15) is 0 Å². The van der Waals surface area contributed by atoms with Gasteiger partial charge >= 0.3 is 0 Å². The zero-order chi connectivity index (χ0) is 20.1. The van der Waals surface area contributed by atoms with Crippen molar-refractivity contribution in [2.45, 2.75) is 38.8 Å². The van der Waals surface area contributed by atoms with E-state index in [1.54, 1.807) is 6.92 Å². The molecule has 8 heteroatoms. The van der Waals surface area contributed by atoms with Gasteiger partial charge in [0.2, 0.25) is 0 Å². The van der Waals surface area contributed by atoms with Crippen LogP contribution in [0.4, 0.5) is 5.82 Å². The van der Waals surface area contributed by atoms with Gasteiger partial charge < -0.3 is 15.4 Å². The van der Waals surface area contributed by atoms with Gasteiger partial charge in [-0.1, -0.05) is 29.3 Å². The van der Waals surface area contributed by atoms with E-state index in [1.807, 2.05) is 6.92 Å². The number of nitrogens with two attached hydrogens (primary N) is 1. The van der Waals surface area contributed by atoms with Crippen LogP contribution in [0, 0.1) is 24.5 Å². The number of aryl methyl sites for hydroxylation is 1. The molecule has 0 saturated carbocycles. The Morgan fingerprint density at radius 3 is 2.68 bits per heavy atom. The van der Waals surface area contributed by atoms with Gasteiger partial charge in [0.15, 0.2) is 0 Å². The van der Waals surface area contributed by atoms with Gasteiger partial charge in [-0.3, -0.25) is 9.36 Å². The van der Waals surface area contributed by atoms with Crippen molar-refractivity contribution < 1.29 is 4.74 Å². The average Bonchev–Trinajstić information content (AvgIpc) is 2.94. The molecular formula is C20H22Cl2N4O2. The van der Waals surface area contributed by atoms with Crippen LogP contribution in [0.5, 0.6) is 0 Å². The number of piperidine rings is 1. The summed E-state index contributed by atoms with van der Waals surface area (Å²) in [6.45, 7) is 6.08. The summed E-state index contributed by atoms with van der Waals surface area (Å²) >= 11 is 12.3. The zero-order valence-corrected chi connectivity index (χ0v) is 17.3. The molecule has 0 aliphatic carbocycles. The first kappa shape index (κ1) is 19.5. The third-order valence-electron chi connectivity index (χ3n) is 6.03. The number of hydrogen-bond acceptors (Lipinski definition) is 5. The van der Waals surface area contributed by atoms with Crippen molar-refractivity contribution in [1.82, 2.24) is 9.55 Å². The second-order valence-corrected chi connectivity index (χ2v) is 8.44. The van der Waals surface area contributed by atoms with Crippen LogP contribution in [0.25, 0.3) is 5.69 Å². The Labute approximate surface area is 174 Å². The summed E-state index contributed by atoms with van der Waals surface area (Å²) in [5, 5.41) is 0.570. The molecule has 2 aliphatic heterocycles. The molecule has 28 heavy (non-hydrogen) atoms. The minimum atomic E-state index is -0.230. The molecule has 0 amide bonds. The Morgan fingerprint density at radius 2 is 2.07 bits per heavy atom. The smallest absolute Gasteiger partial charge is 0.260 e. The quantitative estimate of drug-likeness (QED) is 0.808. The molecule has 1 aromatic heterocycles. The van der Waals surface area contributed by atoms with Crippen molar-refractivity contribution in [3.8, 4) is 5.69 Å². The van der Waals surface area contributed by atoms with Crippen molar-refractivity contribution in [2.24, 2.45) is 11.1 Å². The number of rotatable bonds is 2. The van der Waals surface area contributed by atoms with Crippen molar-refractivity contribution in [3.05, 3.63) is 50.5 Å². The molecular weight excluding hydrogens is 399 g/mol. The Hall–Kier alpha value is -1.78. The van der Waals surface area contributed by atoms with E-state index in [1.165, 1.54) is 16.7 Å². The largest absolute Gasteiger partial charge is 0.376 e. The molecule has 2 saturated heterocycles. The molecule has 1 aromatic carbocycles. The molecule has 0 unspecified atom stereocenters. The third kappa shape index (κ3) is 3.17. The highest BCUT2D eigenvalue weighted by molar-refractivity contribution is 6.43. The van der Waals surface area contributed by atoms with Crippen molar-refractivity contribution >= 4 is 29.0 Å². The van der Waals surface area contributed by atoms with Crippen LogP contribution in [0.15, 0.2) is 16.9 Å². The minimum Gasteiger partial charge on any atom is -0.376 e. The zero-order valence-electron chi connectivity index (χ0n) is 15.8. The van der Waals surface area contributed by atoms with E-state index in [0.717, 1.165) is 25.9 Å². The maximum atomic E-state index is 12.8. The fraction of sp³-hybridized carbons (Fsp3) is 0.500. The molecule has 6 nitrogen and oxygen atoms in total. The average molecular weight is 421 g/mol. The van der Waals surface area contributed by atoms with Gasteiger partial charge in [-0.25, -0.2) is 4.98 Å². The van der Waals surface area contributed by atoms with Crippen molar-refractivity contribution in [2.75, 3.05) is 24.6 Å². The number of halogens is 2. The standard InChI is InChI=1S/C20H22Cl2N4O2/c1-12-19(23)20(11-28-12)6-8-25(9-7-20)16-10-17(27)26(13(2)24-16)15-5-3-4-14(21)18(15)22/h4,10,12,19H,6-9,11,23H2,1-2H3/t12-,19+/m0/s1. The van der Waals surface area contributed by atoms with Gasteiger partial charge in [-0.15, -0.1) is 0 Å². The lowest BCUT2D eigenvalue weighted by Gasteiger charge is -2.41. The predicted octanol–water partition coefficient (Wildman–Crippen LogP) is 2.78. The van der Waals surface area contributed by atoms with Gasteiger partial charge in [0, 0.05) is 36.7 Å². The summed E-state index contributed by atoms with van der Waals surface area (Å²) in [5.74, 6) is 1.18. The molecule has 0 radical (unpaired) electrons. The van der Waals surface area contributed by atoms with Gasteiger partial charge in [0.05, 0.1) is 22.8 Å². The van der Waals surface area contributed by atoms with Crippen LogP contribution in [0.3, 0.4) is 0 Å². The molecule has 2 atom stereocenters. The number of nitrogens with zero attached hydrogens (tertiary/aromatic N) is 3. The summed E-state index contributed by atoms with van der Waals surface area (Å²) in [6.07, 6.45) is 1.93. The lowest BCUT2D eigenvalue weighted by molar-refractivity contribution is 0.0974. The molecule has 148 valence electrons. The molecule has 4 rings (SSSR count). The Morgan fingerprint density at radius 1 is 1.36 bits per heavy atom. The fourth-order valence-corrected chi connectivity index (χ4v) is 4.55. The summed E-state index contributed by atoms with van der Waals surface area (Å²) in [5.41, 5.74) is 6.54. The normalized spacial score (nSPS) is 23.8. The molecule has 2 aliphatic rings. The van der Waals surface area contributed by atoms with E-state index in [2.05, 4.69) is 22.0 Å². The predicted molar refractivity (Wildman–Crippen MR) is 110 cm³/mol. The van der Waals surface area contributed by atoms with E-state index >= 15 is 0 Å². The number of anilines is 1. The van der Waals surface area contributed by atoms with Crippen LogP contribution < -0.4 is 16.2 Å². The van der Waals surface area contributed by atoms with E-state index < -0.39 is 0 Å².